The molecule has 14 heavy (non-hydrogen) atoms. The average Bonchev–Trinajstić information content (AvgIpc) is 2.59. The summed E-state index contributed by atoms with van der Waals surface area (Å²) >= 11 is 6.04. The molecule has 0 radical (unpaired) electrons. The largest absolute Gasteiger partial charge is 0.457 e. The van der Waals surface area contributed by atoms with Crippen LogP contribution >= 0.6 is 11.6 Å². The van der Waals surface area contributed by atoms with Crippen molar-refractivity contribution in [3.8, 4) is 0 Å². The van der Waals surface area contributed by atoms with Crippen molar-refractivity contribution in [2.75, 3.05) is 0 Å². The predicted octanol–water partition coefficient (Wildman–Crippen LogP) is 3.16. The molecule has 2 heterocycles. The normalized spacial score (nSPS) is 14.1. The second-order valence-corrected chi connectivity index (χ2v) is 3.68. The molecule has 1 aromatic heterocycles. The van der Waals surface area contributed by atoms with E-state index >= 15 is 0 Å². The number of para-hydroxylation sites is 1. The average molecular weight is 206 g/mol. The van der Waals surface area contributed by atoms with Crippen LogP contribution in [0.15, 0.2) is 28.8 Å². The van der Waals surface area contributed by atoms with Crippen LogP contribution in [-0.4, -0.2) is 0 Å². The molecular weight excluding hydrogens is 198 g/mol. The van der Waals surface area contributed by atoms with Crippen LogP contribution in [0.25, 0.3) is 17.0 Å². The van der Waals surface area contributed by atoms with E-state index in [1.54, 1.807) is 0 Å². The number of nitrogens with one attached hydrogen (secondary N) is 1. The molecule has 0 aliphatic carbocycles. The highest BCUT2D eigenvalue weighted by atomic mass is 35.5. The van der Waals surface area contributed by atoms with Gasteiger partial charge in [0.2, 0.25) is 0 Å². The zero-order valence-electron chi connectivity index (χ0n) is 7.38. The monoisotopic (exact) mass is 205 g/mol. The van der Waals surface area contributed by atoms with E-state index in [1.165, 1.54) is 0 Å². The molecule has 1 aromatic carbocycles. The van der Waals surface area contributed by atoms with Crippen molar-refractivity contribution in [3.05, 3.63) is 40.7 Å². The van der Waals surface area contributed by atoms with Gasteiger partial charge in [0, 0.05) is 10.9 Å². The Morgan fingerprint density at radius 1 is 1.36 bits per heavy atom. The van der Waals surface area contributed by atoms with E-state index in [-0.39, 0.29) is 0 Å². The third-order valence-corrected chi connectivity index (χ3v) is 2.71. The maximum atomic E-state index is 6.04. The Kier molecular flexibility index (Phi) is 1.58. The third kappa shape index (κ3) is 0.976. The summed E-state index contributed by atoms with van der Waals surface area (Å²) in [5, 5.41) is 4.86. The Balaban J connectivity index is 2.43. The number of fused-ring (bicyclic) bond motifs is 3. The fourth-order valence-corrected chi connectivity index (χ4v) is 1.97. The van der Waals surface area contributed by atoms with Gasteiger partial charge in [-0.1, -0.05) is 23.7 Å². The topological polar surface area (TPSA) is 25.2 Å². The number of furan rings is 1. The first-order valence-corrected chi connectivity index (χ1v) is 4.84. The molecule has 2 nitrogen and oxygen atoms in total. The lowest BCUT2D eigenvalue weighted by Crippen LogP contribution is -2.07. The maximum absolute atomic E-state index is 6.04. The first kappa shape index (κ1) is 7.94. The minimum atomic E-state index is 0.672. The van der Waals surface area contributed by atoms with Gasteiger partial charge in [0.1, 0.15) is 5.76 Å². The van der Waals surface area contributed by atoms with Gasteiger partial charge >= 0.3 is 0 Å². The van der Waals surface area contributed by atoms with E-state index in [0.29, 0.717) is 5.02 Å². The molecular formula is C11H8ClNO. The third-order valence-electron chi connectivity index (χ3n) is 2.41. The minimum Gasteiger partial charge on any atom is -0.457 e. The highest BCUT2D eigenvalue weighted by molar-refractivity contribution is 6.35. The summed E-state index contributed by atoms with van der Waals surface area (Å²) in [6, 6.07) is 5.81. The van der Waals surface area contributed by atoms with Gasteiger partial charge in [-0.05, 0) is 18.3 Å². The number of hydrogen-bond acceptors (Lipinski definition) is 2. The van der Waals surface area contributed by atoms with E-state index in [1.807, 2.05) is 30.5 Å². The molecule has 0 amide bonds. The van der Waals surface area contributed by atoms with Crippen molar-refractivity contribution in [1.82, 2.24) is 5.32 Å². The van der Waals surface area contributed by atoms with E-state index in [9.17, 15) is 0 Å². The van der Waals surface area contributed by atoms with Gasteiger partial charge in [0.05, 0.1) is 11.6 Å². The molecule has 0 unspecified atom stereocenters. The standard InChI is InChI=1S/C11H8ClNO/c12-9-3-1-2-8-7-4-5-13-6-10(7)14-11(8)9/h1-5,13H,6H2. The van der Waals surface area contributed by atoms with Crippen LogP contribution in [0.3, 0.4) is 0 Å². The SMILES string of the molecule is Clc1cccc2c3c(oc12)CNC=C3. The van der Waals surface area contributed by atoms with Crippen molar-refractivity contribution in [2.24, 2.45) is 0 Å². The Bertz CT molecular complexity index is 527. The van der Waals surface area contributed by atoms with Crippen molar-refractivity contribution < 1.29 is 4.42 Å². The van der Waals surface area contributed by atoms with Gasteiger partial charge in [0.25, 0.3) is 0 Å². The Morgan fingerprint density at radius 3 is 3.21 bits per heavy atom. The van der Waals surface area contributed by atoms with E-state index in [4.69, 9.17) is 16.0 Å². The van der Waals surface area contributed by atoms with Gasteiger partial charge < -0.3 is 9.73 Å². The highest BCUT2D eigenvalue weighted by Gasteiger charge is 2.15. The highest BCUT2D eigenvalue weighted by Crippen LogP contribution is 2.32. The van der Waals surface area contributed by atoms with Gasteiger partial charge in [0.15, 0.2) is 5.58 Å². The predicted molar refractivity (Wildman–Crippen MR) is 57.1 cm³/mol. The van der Waals surface area contributed by atoms with Crippen LogP contribution in [0.5, 0.6) is 0 Å². The van der Waals surface area contributed by atoms with Gasteiger partial charge in [-0.3, -0.25) is 0 Å². The van der Waals surface area contributed by atoms with Crippen molar-refractivity contribution in [2.45, 2.75) is 6.54 Å². The van der Waals surface area contributed by atoms with Gasteiger partial charge in [-0.25, -0.2) is 0 Å². The lowest BCUT2D eigenvalue weighted by molar-refractivity contribution is 0.532. The smallest absolute Gasteiger partial charge is 0.153 e. The lowest BCUT2D eigenvalue weighted by Gasteiger charge is -2.04. The molecule has 3 rings (SSSR count). The van der Waals surface area contributed by atoms with E-state index in [2.05, 4.69) is 5.32 Å². The molecule has 3 heteroatoms. The second-order valence-electron chi connectivity index (χ2n) is 3.27. The first-order chi connectivity index (χ1) is 6.86. The Hall–Kier alpha value is -1.41. The van der Waals surface area contributed by atoms with E-state index < -0.39 is 0 Å². The van der Waals surface area contributed by atoms with Crippen molar-refractivity contribution in [3.63, 3.8) is 0 Å². The molecule has 0 bridgehead atoms. The van der Waals surface area contributed by atoms with Gasteiger partial charge in [-0.15, -0.1) is 0 Å². The van der Waals surface area contributed by atoms with Crippen LogP contribution in [0, 0.1) is 0 Å². The molecule has 0 saturated heterocycles. The van der Waals surface area contributed by atoms with E-state index in [0.717, 1.165) is 28.8 Å². The summed E-state index contributed by atoms with van der Waals surface area (Å²) < 4.78 is 5.68. The summed E-state index contributed by atoms with van der Waals surface area (Å²) in [7, 11) is 0. The number of rotatable bonds is 0. The summed E-state index contributed by atoms with van der Waals surface area (Å²) in [4.78, 5) is 0. The molecule has 1 N–H and O–H groups in total. The number of halogens is 1. The molecule has 70 valence electrons. The van der Waals surface area contributed by atoms with Crippen LogP contribution in [0.4, 0.5) is 0 Å². The minimum absolute atomic E-state index is 0.672. The van der Waals surface area contributed by atoms with Crippen molar-refractivity contribution >= 4 is 28.6 Å². The number of benzene rings is 1. The maximum Gasteiger partial charge on any atom is 0.153 e. The molecule has 0 spiro atoms. The van der Waals surface area contributed by atoms with Crippen LogP contribution in [0.2, 0.25) is 5.02 Å². The summed E-state index contributed by atoms with van der Waals surface area (Å²) in [5.41, 5.74) is 1.92. The quantitative estimate of drug-likeness (QED) is 0.715. The first-order valence-electron chi connectivity index (χ1n) is 4.46. The molecule has 0 atom stereocenters. The van der Waals surface area contributed by atoms with Crippen LogP contribution < -0.4 is 5.32 Å². The van der Waals surface area contributed by atoms with Crippen LogP contribution in [-0.2, 0) is 6.54 Å². The summed E-state index contributed by atoms with van der Waals surface area (Å²) in [6.07, 6.45) is 3.94. The Labute approximate surface area is 86.2 Å². The molecule has 1 aliphatic rings. The van der Waals surface area contributed by atoms with Crippen LogP contribution in [0.1, 0.15) is 11.3 Å². The molecule has 0 fully saturated rings. The zero-order valence-corrected chi connectivity index (χ0v) is 8.14. The number of hydrogen-bond donors (Lipinski definition) is 1. The molecule has 2 aromatic rings. The summed E-state index contributed by atoms with van der Waals surface area (Å²) in [5.74, 6) is 0.954. The second kappa shape index (κ2) is 2.79. The van der Waals surface area contributed by atoms with Gasteiger partial charge in [-0.2, -0.15) is 0 Å². The van der Waals surface area contributed by atoms with Crippen molar-refractivity contribution in [1.29, 1.82) is 0 Å². The lowest BCUT2D eigenvalue weighted by atomic mass is 10.1. The Morgan fingerprint density at radius 2 is 2.29 bits per heavy atom. The molecule has 1 aliphatic heterocycles. The fourth-order valence-electron chi connectivity index (χ4n) is 1.76. The fraction of sp³-hybridized carbons (Fsp3) is 0.0909. The molecule has 0 saturated carbocycles. The zero-order chi connectivity index (χ0) is 9.54. The summed E-state index contributed by atoms with van der Waals surface area (Å²) in [6.45, 7) is 0.733.